The number of halogens is 10. The quantitative estimate of drug-likeness (QED) is 0.125. The molecule has 1 atom stereocenters. The van der Waals surface area contributed by atoms with Crippen LogP contribution in [0.4, 0.5) is 49.9 Å². The number of hydrogen-bond donors (Lipinski definition) is 1. The van der Waals surface area contributed by atoms with Crippen molar-refractivity contribution in [3.05, 3.63) is 209 Å². The lowest BCUT2D eigenvalue weighted by Crippen LogP contribution is -2.35. The summed E-state index contributed by atoms with van der Waals surface area (Å²) in [4.78, 5) is 42.8. The lowest BCUT2D eigenvalue weighted by Gasteiger charge is -2.34. The Morgan fingerprint density at radius 3 is 1.87 bits per heavy atom. The highest BCUT2D eigenvalue weighted by Gasteiger charge is 2.42. The Morgan fingerprint density at radius 1 is 0.526 bits per heavy atom. The first-order chi connectivity index (χ1) is 36.5. The zero-order chi connectivity index (χ0) is 53.4. The number of aliphatic hydroxyl groups is 1. The first-order valence-electron chi connectivity index (χ1n) is 22.7. The molecule has 0 aliphatic carbocycles. The summed E-state index contributed by atoms with van der Waals surface area (Å²) >= 11 is 0. The lowest BCUT2D eigenvalue weighted by atomic mass is 9.89. The van der Waals surface area contributed by atoms with E-state index in [2.05, 4.69) is 41.2 Å². The van der Waals surface area contributed by atoms with Gasteiger partial charge in [-0.15, -0.1) is 0 Å². The molecule has 11 nitrogen and oxygen atoms in total. The fourth-order valence-electron chi connectivity index (χ4n) is 8.50. The number of aromatic nitrogens is 8. The Labute approximate surface area is 424 Å². The van der Waals surface area contributed by atoms with Gasteiger partial charge < -0.3 is 5.11 Å². The second kappa shape index (κ2) is 20.3. The van der Waals surface area contributed by atoms with Crippen LogP contribution in [0.15, 0.2) is 169 Å². The van der Waals surface area contributed by atoms with Crippen molar-refractivity contribution in [2.45, 2.75) is 37.9 Å². The molecule has 0 amide bonds. The number of aliphatic imine (C=N–C) groups is 1. The van der Waals surface area contributed by atoms with Crippen LogP contribution in [-0.2, 0) is 31.8 Å². The highest BCUT2D eigenvalue weighted by atomic mass is 19.4. The van der Waals surface area contributed by atoms with E-state index in [-0.39, 0.29) is 68.6 Å². The zero-order valence-electron chi connectivity index (χ0n) is 38.8. The molecule has 10 rings (SSSR count). The molecule has 1 unspecified atom stereocenters. The number of benzene rings is 5. The third kappa shape index (κ3) is 10.2. The van der Waals surface area contributed by atoms with Gasteiger partial charge in [0.2, 0.25) is 5.95 Å². The van der Waals surface area contributed by atoms with Crippen molar-refractivity contribution < 1.29 is 49.0 Å². The minimum Gasteiger partial charge on any atom is -0.392 e. The minimum atomic E-state index is -5.01. The van der Waals surface area contributed by atoms with Crippen molar-refractivity contribution in [3.63, 3.8) is 0 Å². The molecule has 21 heteroatoms. The van der Waals surface area contributed by atoms with Gasteiger partial charge in [0.1, 0.15) is 12.4 Å². The van der Waals surface area contributed by atoms with Gasteiger partial charge in [-0.1, -0.05) is 84.9 Å². The average Bonchev–Trinajstić information content (AvgIpc) is 3.46. The summed E-state index contributed by atoms with van der Waals surface area (Å²) in [7, 11) is 0. The van der Waals surface area contributed by atoms with Crippen molar-refractivity contribution in [2.24, 2.45) is 4.99 Å². The number of alkyl halides is 10. The van der Waals surface area contributed by atoms with E-state index in [1.165, 1.54) is 91.5 Å². The SMILES string of the molecule is OCc1ccccc1-c1nc(C2=C(c3nccc(-c4cccc(CF)c4)n3)C(c3ccccc3C(F)(F)F)N(c3nccc(-c4cccc(C(F)(F)F)c4)n3)[C]=N2)ncc1-c1nccc(-c2ccc(C(F)(F)F)cc2)n1. The van der Waals surface area contributed by atoms with Gasteiger partial charge in [-0.25, -0.2) is 49.3 Å². The summed E-state index contributed by atoms with van der Waals surface area (Å²) in [6, 6.07) is 28.7. The van der Waals surface area contributed by atoms with Gasteiger partial charge in [-0.3, -0.25) is 4.90 Å². The summed E-state index contributed by atoms with van der Waals surface area (Å²) in [5.41, 5.74) is -1.53. The molecule has 1 aliphatic heterocycles. The van der Waals surface area contributed by atoms with Crippen LogP contribution < -0.4 is 4.90 Å². The average molecular weight is 1040 g/mol. The molecule has 4 aromatic heterocycles. The van der Waals surface area contributed by atoms with Crippen LogP contribution in [-0.4, -0.2) is 51.3 Å². The van der Waals surface area contributed by atoms with Crippen LogP contribution in [0.1, 0.15) is 51.1 Å². The lowest BCUT2D eigenvalue weighted by molar-refractivity contribution is -0.138. The number of nitrogens with zero attached hydrogens (tertiary/aromatic N) is 10. The number of rotatable bonds is 11. The topological polar surface area (TPSA) is 139 Å². The van der Waals surface area contributed by atoms with E-state index < -0.39 is 60.1 Å². The fourth-order valence-corrected chi connectivity index (χ4v) is 8.50. The molecule has 0 spiro atoms. The Bertz CT molecular complexity index is 3700. The summed E-state index contributed by atoms with van der Waals surface area (Å²) in [6.45, 7) is -1.33. The predicted octanol–water partition coefficient (Wildman–Crippen LogP) is 13.2. The second-order valence-corrected chi connectivity index (χ2v) is 16.9. The Hall–Kier alpha value is -9.11. The molecule has 1 N–H and O–H groups in total. The van der Waals surface area contributed by atoms with Gasteiger partial charge in [-0.2, -0.15) is 39.5 Å². The molecule has 0 bridgehead atoms. The number of aliphatic hydroxyl groups excluding tert-OH is 1. The third-order valence-corrected chi connectivity index (χ3v) is 12.1. The maximum Gasteiger partial charge on any atom is 0.416 e. The molecule has 379 valence electrons. The van der Waals surface area contributed by atoms with E-state index in [4.69, 9.17) is 9.97 Å². The van der Waals surface area contributed by atoms with Crippen LogP contribution in [0, 0.1) is 0 Å². The van der Waals surface area contributed by atoms with E-state index in [0.717, 1.165) is 35.2 Å². The van der Waals surface area contributed by atoms with E-state index in [1.54, 1.807) is 42.5 Å². The highest BCUT2D eigenvalue weighted by Crippen LogP contribution is 2.47. The fraction of sp³-hybridized carbons (Fsp3) is 0.109. The normalized spacial score (nSPS) is 14.1. The van der Waals surface area contributed by atoms with E-state index in [0.29, 0.717) is 27.8 Å². The van der Waals surface area contributed by atoms with Crippen molar-refractivity contribution in [1.82, 2.24) is 39.9 Å². The van der Waals surface area contributed by atoms with E-state index >= 15 is 13.2 Å². The molecule has 9 aromatic rings. The molecule has 76 heavy (non-hydrogen) atoms. The molecule has 0 saturated carbocycles. The molecule has 5 aromatic carbocycles. The van der Waals surface area contributed by atoms with Gasteiger partial charge in [-0.05, 0) is 71.3 Å². The summed E-state index contributed by atoms with van der Waals surface area (Å²) < 4.78 is 142. The monoisotopic (exact) mass is 1040 g/mol. The van der Waals surface area contributed by atoms with E-state index in [1.807, 2.05) is 0 Å². The van der Waals surface area contributed by atoms with Gasteiger partial charge in [0.15, 0.2) is 23.8 Å². The maximum atomic E-state index is 15.4. The first kappa shape index (κ1) is 50.4. The molecular weight excluding hydrogens is 1010 g/mol. The summed E-state index contributed by atoms with van der Waals surface area (Å²) in [5, 5.41) is 10.6. The van der Waals surface area contributed by atoms with Crippen LogP contribution >= 0.6 is 0 Å². The third-order valence-electron chi connectivity index (χ3n) is 12.1. The molecular formula is C55H33F10N10O. The van der Waals surface area contributed by atoms with Crippen molar-refractivity contribution in [1.29, 1.82) is 0 Å². The molecule has 0 saturated heterocycles. The molecule has 0 fully saturated rings. The predicted molar refractivity (Wildman–Crippen MR) is 261 cm³/mol. The van der Waals surface area contributed by atoms with Gasteiger partial charge in [0, 0.05) is 47.0 Å². The minimum absolute atomic E-state index is 0.000666. The number of hydrogen-bond acceptors (Lipinski definition) is 11. The van der Waals surface area contributed by atoms with Crippen LogP contribution in [0.5, 0.6) is 0 Å². The number of anilines is 1. The first-order valence-corrected chi connectivity index (χ1v) is 22.7. The second-order valence-electron chi connectivity index (χ2n) is 16.9. The molecule has 1 aliphatic rings. The van der Waals surface area contributed by atoms with Crippen LogP contribution in [0.25, 0.3) is 67.7 Å². The maximum absolute atomic E-state index is 15.4. The molecule has 1 radical (unpaired) electrons. The van der Waals surface area contributed by atoms with Crippen molar-refractivity contribution in [3.8, 4) is 56.4 Å². The Kier molecular flexibility index (Phi) is 13.5. The van der Waals surface area contributed by atoms with Gasteiger partial charge in [0.25, 0.3) is 0 Å². The van der Waals surface area contributed by atoms with Crippen molar-refractivity contribution >= 4 is 23.6 Å². The van der Waals surface area contributed by atoms with Crippen LogP contribution in [0.3, 0.4) is 0 Å². The van der Waals surface area contributed by atoms with Gasteiger partial charge in [0.05, 0.1) is 63.3 Å². The van der Waals surface area contributed by atoms with Gasteiger partial charge >= 0.3 is 18.5 Å². The van der Waals surface area contributed by atoms with Crippen molar-refractivity contribution in [2.75, 3.05) is 4.90 Å². The van der Waals surface area contributed by atoms with E-state index in [9.17, 15) is 35.8 Å². The summed E-state index contributed by atoms with van der Waals surface area (Å²) in [6.07, 6.45) is -6.33. The standard InChI is InChI=1S/C55H33F10N10O/c56-27-31-7-5-9-33(25-31)43-20-23-67-50(72-43)45-47(51-69-28-40(46(74-51)38-12-2-1-8-35(38)29-76)49-66-22-19-42(71-49)32-15-17-36(18-16-32)53(57,58)59)70-30-75(48(45)39-13-3-4-14-41(39)55(63,64)65)52-68-24-21-44(73-52)34-10-6-11-37(26-34)54(60,61)62/h1-26,28,48,76H,27,29H2. The smallest absolute Gasteiger partial charge is 0.392 e. The Morgan fingerprint density at radius 2 is 1.16 bits per heavy atom. The van der Waals surface area contributed by atoms with Crippen LogP contribution in [0.2, 0.25) is 0 Å². The molecule has 5 heterocycles. The largest absolute Gasteiger partial charge is 0.416 e. The Balaban J connectivity index is 1.23. The highest BCUT2D eigenvalue weighted by molar-refractivity contribution is 6.01. The summed E-state index contributed by atoms with van der Waals surface area (Å²) in [5.74, 6) is -0.855. The zero-order valence-corrected chi connectivity index (χ0v) is 38.8.